The Kier molecular flexibility index (Phi) is 7.58. The molecule has 0 atom stereocenters. The Morgan fingerprint density at radius 2 is 2.00 bits per heavy atom. The fourth-order valence-corrected chi connectivity index (χ4v) is 1.10. The van der Waals surface area contributed by atoms with Gasteiger partial charge in [-0.15, -0.1) is 0 Å². The van der Waals surface area contributed by atoms with Crippen LogP contribution in [0.25, 0.3) is 0 Å². The van der Waals surface area contributed by atoms with E-state index in [-0.39, 0.29) is 30.9 Å². The van der Waals surface area contributed by atoms with Gasteiger partial charge in [-0.2, -0.15) is 0 Å². The molecule has 0 fully saturated rings. The fourth-order valence-electron chi connectivity index (χ4n) is 0.559. The van der Waals surface area contributed by atoms with Crippen molar-refractivity contribution in [1.82, 2.24) is 6.15 Å². The third kappa shape index (κ3) is 9.41. The van der Waals surface area contributed by atoms with Crippen LogP contribution in [0.1, 0.15) is 13.3 Å². The van der Waals surface area contributed by atoms with Crippen LogP contribution in [0.2, 0.25) is 0 Å². The second-order valence-corrected chi connectivity index (χ2v) is 4.43. The van der Waals surface area contributed by atoms with Gasteiger partial charge in [-0.05, 0) is 13.3 Å². The minimum atomic E-state index is -3.96. The Balaban J connectivity index is 0. The van der Waals surface area contributed by atoms with Crippen LogP contribution in [0.5, 0.6) is 0 Å². The van der Waals surface area contributed by atoms with Crippen molar-refractivity contribution >= 4 is 13.6 Å². The highest BCUT2D eigenvalue weighted by Gasteiger charge is 2.12. The maximum atomic E-state index is 10.8. The number of carbonyl (C=O) groups excluding carboxylic acids is 1. The minimum absolute atomic E-state index is 0. The number of esters is 1. The second kappa shape index (κ2) is 6.73. The molecule has 0 aromatic heterocycles. The molecule has 0 unspecified atom stereocenters. The highest BCUT2D eigenvalue weighted by Crippen LogP contribution is 2.34. The molecule has 0 aromatic rings. The predicted molar refractivity (Wildman–Crippen MR) is 52.3 cm³/mol. The maximum Gasteiger partial charge on any atom is 0.333 e. The van der Waals surface area contributed by atoms with Crippen molar-refractivity contribution in [2.75, 3.05) is 12.8 Å². The molecular weight excluding hydrogens is 209 g/mol. The van der Waals surface area contributed by atoms with E-state index in [1.165, 1.54) is 6.92 Å². The minimum Gasteiger partial charge on any atom is -0.462 e. The summed E-state index contributed by atoms with van der Waals surface area (Å²) in [5.41, 5.74) is 0.274. The summed E-state index contributed by atoms with van der Waals surface area (Å²) in [5.74, 6) is -0.536. The first-order valence-corrected chi connectivity index (χ1v) is 5.50. The molecule has 0 saturated carbocycles. The van der Waals surface area contributed by atoms with Gasteiger partial charge >= 0.3 is 13.6 Å². The summed E-state index contributed by atoms with van der Waals surface area (Å²) in [5, 5.41) is 0. The molecule has 0 amide bonds. The van der Waals surface area contributed by atoms with Crippen molar-refractivity contribution in [2.24, 2.45) is 0 Å². The van der Waals surface area contributed by atoms with Crippen molar-refractivity contribution < 1.29 is 23.9 Å². The van der Waals surface area contributed by atoms with Crippen molar-refractivity contribution in [3.63, 3.8) is 0 Å². The molecule has 14 heavy (non-hydrogen) atoms. The number of hydrogen-bond acceptors (Lipinski definition) is 4. The van der Waals surface area contributed by atoms with Crippen LogP contribution in [-0.4, -0.2) is 28.5 Å². The van der Waals surface area contributed by atoms with E-state index < -0.39 is 13.6 Å². The first-order valence-electron chi connectivity index (χ1n) is 3.70. The van der Waals surface area contributed by atoms with Crippen LogP contribution < -0.4 is 6.15 Å². The zero-order valence-corrected chi connectivity index (χ0v) is 9.00. The van der Waals surface area contributed by atoms with Gasteiger partial charge in [-0.3, -0.25) is 4.57 Å². The lowest BCUT2D eigenvalue weighted by Gasteiger charge is -2.04. The Bertz CT molecular complexity index is 246. The van der Waals surface area contributed by atoms with Crippen LogP contribution in [0.4, 0.5) is 0 Å². The maximum absolute atomic E-state index is 10.8. The van der Waals surface area contributed by atoms with E-state index >= 15 is 0 Å². The Morgan fingerprint density at radius 1 is 1.50 bits per heavy atom. The lowest BCUT2D eigenvalue weighted by molar-refractivity contribution is -0.138. The molecule has 0 bridgehead atoms. The molecule has 7 heteroatoms. The molecule has 0 rings (SSSR count). The van der Waals surface area contributed by atoms with Crippen LogP contribution >= 0.6 is 7.60 Å². The highest BCUT2D eigenvalue weighted by molar-refractivity contribution is 7.51. The first-order chi connectivity index (χ1) is 5.83. The van der Waals surface area contributed by atoms with Gasteiger partial charge in [-0.1, -0.05) is 6.58 Å². The summed E-state index contributed by atoms with van der Waals surface area (Å²) in [4.78, 5) is 27.6. The lowest BCUT2D eigenvalue weighted by atomic mass is 10.4. The average Bonchev–Trinajstić information content (AvgIpc) is 1.95. The molecule has 5 N–H and O–H groups in total. The molecule has 0 heterocycles. The zero-order valence-electron chi connectivity index (χ0n) is 8.10. The van der Waals surface area contributed by atoms with E-state index in [2.05, 4.69) is 11.3 Å². The monoisotopic (exact) mass is 225 g/mol. The molecule has 0 aliphatic heterocycles. The molecular formula is C7H16NO5P. The Hall–Kier alpha value is -0.680. The predicted octanol–water partition coefficient (Wildman–Crippen LogP) is 0.835. The SMILES string of the molecule is C=C(C)C(=O)OCCCP(=O)(O)O.N. The van der Waals surface area contributed by atoms with Gasteiger partial charge in [0.2, 0.25) is 0 Å². The number of carbonyl (C=O) groups is 1. The Morgan fingerprint density at radius 3 is 2.36 bits per heavy atom. The van der Waals surface area contributed by atoms with E-state index in [9.17, 15) is 9.36 Å². The topological polar surface area (TPSA) is 119 Å². The first kappa shape index (κ1) is 15.8. The highest BCUT2D eigenvalue weighted by atomic mass is 31.2. The summed E-state index contributed by atoms with van der Waals surface area (Å²) in [6.45, 7) is 4.87. The molecule has 0 aliphatic carbocycles. The number of rotatable bonds is 5. The summed E-state index contributed by atoms with van der Waals surface area (Å²) in [7, 11) is -3.96. The zero-order chi connectivity index (χ0) is 10.5. The molecule has 84 valence electrons. The average molecular weight is 225 g/mol. The molecule has 0 spiro atoms. The summed E-state index contributed by atoms with van der Waals surface area (Å²) in [6, 6.07) is 0. The largest absolute Gasteiger partial charge is 0.462 e. The quantitative estimate of drug-likeness (QED) is 0.276. The van der Waals surface area contributed by atoms with Gasteiger partial charge in [-0.25, -0.2) is 4.79 Å². The van der Waals surface area contributed by atoms with E-state index in [0.29, 0.717) is 0 Å². The summed E-state index contributed by atoms with van der Waals surface area (Å²) < 4.78 is 15.0. The van der Waals surface area contributed by atoms with Crippen molar-refractivity contribution in [3.8, 4) is 0 Å². The van der Waals surface area contributed by atoms with E-state index in [1.807, 2.05) is 0 Å². The third-order valence-corrected chi connectivity index (χ3v) is 2.07. The van der Waals surface area contributed by atoms with E-state index in [0.717, 1.165) is 0 Å². The number of ether oxygens (including phenoxy) is 1. The normalized spacial score (nSPS) is 10.2. The van der Waals surface area contributed by atoms with Crippen LogP contribution in [0.15, 0.2) is 12.2 Å². The van der Waals surface area contributed by atoms with Gasteiger partial charge in [0.05, 0.1) is 12.8 Å². The van der Waals surface area contributed by atoms with Crippen molar-refractivity contribution in [3.05, 3.63) is 12.2 Å². The standard InChI is InChI=1S/C7H13O5P.H3N/c1-6(2)7(8)12-4-3-5-13(9,10)11;/h1,3-5H2,2H3,(H2,9,10,11);1H3. The molecule has 0 aromatic carbocycles. The second-order valence-electron chi connectivity index (χ2n) is 2.66. The van der Waals surface area contributed by atoms with Crippen molar-refractivity contribution in [2.45, 2.75) is 13.3 Å². The Labute approximate surface area is 82.7 Å². The fraction of sp³-hybridized carbons (Fsp3) is 0.571. The lowest BCUT2D eigenvalue weighted by Crippen LogP contribution is -2.07. The third-order valence-electron chi connectivity index (χ3n) is 1.18. The van der Waals surface area contributed by atoms with E-state index in [4.69, 9.17) is 9.79 Å². The van der Waals surface area contributed by atoms with Crippen LogP contribution in [0.3, 0.4) is 0 Å². The van der Waals surface area contributed by atoms with Gasteiger partial charge < -0.3 is 20.7 Å². The van der Waals surface area contributed by atoms with Crippen molar-refractivity contribution in [1.29, 1.82) is 0 Å². The van der Waals surface area contributed by atoms with Gasteiger partial charge in [0, 0.05) is 5.57 Å². The molecule has 0 saturated heterocycles. The van der Waals surface area contributed by atoms with E-state index in [1.54, 1.807) is 0 Å². The number of hydrogen-bond donors (Lipinski definition) is 3. The van der Waals surface area contributed by atoms with Gasteiger partial charge in [0.1, 0.15) is 0 Å². The van der Waals surface area contributed by atoms with Gasteiger partial charge in [0.15, 0.2) is 0 Å². The summed E-state index contributed by atoms with van der Waals surface area (Å²) in [6.07, 6.45) is -0.111. The smallest absolute Gasteiger partial charge is 0.333 e. The molecule has 0 radical (unpaired) electrons. The summed E-state index contributed by atoms with van der Waals surface area (Å²) >= 11 is 0. The van der Waals surface area contributed by atoms with Crippen LogP contribution in [0, 0.1) is 0 Å². The van der Waals surface area contributed by atoms with Crippen LogP contribution in [-0.2, 0) is 14.1 Å². The molecule has 6 nitrogen and oxygen atoms in total. The molecule has 0 aliphatic rings. The van der Waals surface area contributed by atoms with Gasteiger partial charge in [0.25, 0.3) is 0 Å².